The zero-order valence-corrected chi connectivity index (χ0v) is 12.3. The van der Waals surface area contributed by atoms with Crippen LogP contribution in [-0.2, 0) is 0 Å². The Morgan fingerprint density at radius 2 is 1.95 bits per heavy atom. The second kappa shape index (κ2) is 5.09. The summed E-state index contributed by atoms with van der Waals surface area (Å²) in [6, 6.07) is 13.2. The van der Waals surface area contributed by atoms with Gasteiger partial charge in [0.05, 0.1) is 0 Å². The topological polar surface area (TPSA) is 55.1 Å². The van der Waals surface area contributed by atoms with Gasteiger partial charge in [-0.05, 0) is 24.4 Å². The lowest BCUT2D eigenvalue weighted by Gasteiger charge is -2.08. The first-order valence-electron chi connectivity index (χ1n) is 6.07. The van der Waals surface area contributed by atoms with E-state index in [1.807, 2.05) is 36.4 Å². The van der Waals surface area contributed by atoms with Gasteiger partial charge in [-0.3, -0.25) is 4.79 Å². The van der Waals surface area contributed by atoms with Crippen LogP contribution in [0.3, 0.4) is 0 Å². The summed E-state index contributed by atoms with van der Waals surface area (Å²) in [5.41, 5.74) is 1.02. The van der Waals surface area contributed by atoms with E-state index in [9.17, 15) is 4.79 Å². The molecule has 0 saturated heterocycles. The number of nitrogens with zero attached hydrogens (tertiary/aromatic N) is 1. The Morgan fingerprint density at radius 1 is 1.20 bits per heavy atom. The van der Waals surface area contributed by atoms with Crippen molar-refractivity contribution in [3.05, 3.63) is 58.4 Å². The molecule has 0 aliphatic heterocycles. The van der Waals surface area contributed by atoms with Crippen LogP contribution in [0.25, 0.3) is 10.8 Å². The van der Waals surface area contributed by atoms with E-state index in [-0.39, 0.29) is 11.6 Å². The Bertz CT molecular complexity index is 795. The first-order chi connectivity index (χ1) is 9.65. The number of hydrogen-bond acceptors (Lipinski definition) is 3. The summed E-state index contributed by atoms with van der Waals surface area (Å²) in [7, 11) is 0. The zero-order chi connectivity index (χ0) is 14.1. The molecule has 20 heavy (non-hydrogen) atoms. The van der Waals surface area contributed by atoms with Gasteiger partial charge in [-0.2, -0.15) is 0 Å². The summed E-state index contributed by atoms with van der Waals surface area (Å²) in [5.74, 6) is 0.324. The Hall–Kier alpha value is -2.14. The average molecular weight is 331 g/mol. The summed E-state index contributed by atoms with van der Waals surface area (Å²) in [6.07, 6.45) is 0. The van der Waals surface area contributed by atoms with Gasteiger partial charge < -0.3 is 9.84 Å². The molecule has 0 radical (unpaired) electrons. The number of anilines is 1. The molecule has 0 unspecified atom stereocenters. The lowest BCUT2D eigenvalue weighted by molar-refractivity contribution is 0.101. The third-order valence-electron chi connectivity index (χ3n) is 2.98. The van der Waals surface area contributed by atoms with Gasteiger partial charge in [0.15, 0.2) is 5.69 Å². The SMILES string of the molecule is Cc1cc(C(=O)Nc2ccc(Br)c3ccccc23)no1. The number of aromatic nitrogens is 1. The van der Waals surface area contributed by atoms with Crippen LogP contribution < -0.4 is 5.32 Å². The smallest absolute Gasteiger partial charge is 0.277 e. The molecule has 0 saturated carbocycles. The second-order valence-electron chi connectivity index (χ2n) is 4.42. The predicted octanol–water partition coefficient (Wildman–Crippen LogP) is 4.15. The number of carbonyl (C=O) groups is 1. The fourth-order valence-corrected chi connectivity index (χ4v) is 2.51. The number of amides is 1. The molecule has 1 aromatic heterocycles. The maximum atomic E-state index is 12.1. The average Bonchev–Trinajstić information content (AvgIpc) is 2.89. The van der Waals surface area contributed by atoms with Crippen molar-refractivity contribution in [1.29, 1.82) is 0 Å². The molecule has 0 atom stereocenters. The van der Waals surface area contributed by atoms with Gasteiger partial charge in [-0.1, -0.05) is 45.4 Å². The van der Waals surface area contributed by atoms with Crippen LogP contribution in [0.4, 0.5) is 5.69 Å². The third kappa shape index (κ3) is 2.32. The van der Waals surface area contributed by atoms with Crippen molar-refractivity contribution >= 4 is 38.3 Å². The minimum atomic E-state index is -0.283. The highest BCUT2D eigenvalue weighted by molar-refractivity contribution is 9.10. The van der Waals surface area contributed by atoms with Crippen molar-refractivity contribution in [2.45, 2.75) is 6.92 Å². The quantitative estimate of drug-likeness (QED) is 0.767. The second-order valence-corrected chi connectivity index (χ2v) is 5.27. The van der Waals surface area contributed by atoms with Gasteiger partial charge in [0.25, 0.3) is 5.91 Å². The Morgan fingerprint density at radius 3 is 2.65 bits per heavy atom. The summed E-state index contributed by atoms with van der Waals surface area (Å²) >= 11 is 3.51. The van der Waals surface area contributed by atoms with Crippen LogP contribution in [0.15, 0.2) is 51.5 Å². The molecule has 0 bridgehead atoms. The van der Waals surface area contributed by atoms with Crippen molar-refractivity contribution in [2.75, 3.05) is 5.32 Å². The van der Waals surface area contributed by atoms with E-state index in [1.165, 1.54) is 0 Å². The summed E-state index contributed by atoms with van der Waals surface area (Å²) in [5, 5.41) is 8.58. The van der Waals surface area contributed by atoms with Crippen molar-refractivity contribution in [3.8, 4) is 0 Å². The van der Waals surface area contributed by atoms with Crippen molar-refractivity contribution < 1.29 is 9.32 Å². The third-order valence-corrected chi connectivity index (χ3v) is 3.67. The Labute approximate surface area is 123 Å². The molecule has 2 aromatic carbocycles. The van der Waals surface area contributed by atoms with E-state index in [2.05, 4.69) is 26.4 Å². The van der Waals surface area contributed by atoms with Gasteiger partial charge in [-0.25, -0.2) is 0 Å². The van der Waals surface area contributed by atoms with Gasteiger partial charge >= 0.3 is 0 Å². The van der Waals surface area contributed by atoms with Crippen LogP contribution in [0.1, 0.15) is 16.2 Å². The standard InChI is InChI=1S/C15H11BrN2O2/c1-9-8-14(18-20-9)15(19)17-13-7-6-12(16)10-4-2-3-5-11(10)13/h2-8H,1H3,(H,17,19). The lowest BCUT2D eigenvalue weighted by Crippen LogP contribution is -2.12. The van der Waals surface area contributed by atoms with Crippen LogP contribution in [-0.4, -0.2) is 11.1 Å². The van der Waals surface area contributed by atoms with Gasteiger partial charge in [-0.15, -0.1) is 0 Å². The predicted molar refractivity (Wildman–Crippen MR) is 80.8 cm³/mol. The van der Waals surface area contributed by atoms with Crippen LogP contribution in [0.2, 0.25) is 0 Å². The number of aryl methyl sites for hydroxylation is 1. The van der Waals surface area contributed by atoms with E-state index in [0.29, 0.717) is 5.76 Å². The molecular formula is C15H11BrN2O2. The molecule has 0 fully saturated rings. The molecule has 1 amide bonds. The van der Waals surface area contributed by atoms with E-state index in [4.69, 9.17) is 4.52 Å². The number of benzene rings is 2. The monoisotopic (exact) mass is 330 g/mol. The number of rotatable bonds is 2. The Balaban J connectivity index is 1.99. The molecular weight excluding hydrogens is 320 g/mol. The van der Waals surface area contributed by atoms with E-state index < -0.39 is 0 Å². The minimum absolute atomic E-state index is 0.273. The summed E-state index contributed by atoms with van der Waals surface area (Å²) in [6.45, 7) is 1.75. The van der Waals surface area contributed by atoms with Crippen LogP contribution >= 0.6 is 15.9 Å². The van der Waals surface area contributed by atoms with Crippen molar-refractivity contribution in [2.24, 2.45) is 0 Å². The maximum absolute atomic E-state index is 12.1. The summed E-state index contributed by atoms with van der Waals surface area (Å²) in [4.78, 5) is 12.1. The van der Waals surface area contributed by atoms with Gasteiger partial charge in [0, 0.05) is 21.6 Å². The fraction of sp³-hybridized carbons (Fsp3) is 0.0667. The molecule has 1 N–H and O–H groups in total. The number of fused-ring (bicyclic) bond motifs is 1. The molecule has 0 aliphatic rings. The van der Waals surface area contributed by atoms with Gasteiger partial charge in [0.2, 0.25) is 0 Å². The number of nitrogens with one attached hydrogen (secondary N) is 1. The highest BCUT2D eigenvalue weighted by atomic mass is 79.9. The molecule has 3 rings (SSSR count). The lowest BCUT2D eigenvalue weighted by atomic mass is 10.1. The molecule has 3 aromatic rings. The van der Waals surface area contributed by atoms with E-state index in [1.54, 1.807) is 13.0 Å². The van der Waals surface area contributed by atoms with Crippen LogP contribution in [0.5, 0.6) is 0 Å². The van der Waals surface area contributed by atoms with Crippen molar-refractivity contribution in [1.82, 2.24) is 5.16 Å². The Kier molecular flexibility index (Phi) is 3.28. The highest BCUT2D eigenvalue weighted by Crippen LogP contribution is 2.30. The molecule has 0 spiro atoms. The van der Waals surface area contributed by atoms with E-state index in [0.717, 1.165) is 20.9 Å². The van der Waals surface area contributed by atoms with Crippen molar-refractivity contribution in [3.63, 3.8) is 0 Å². The molecule has 0 aliphatic carbocycles. The zero-order valence-electron chi connectivity index (χ0n) is 10.7. The summed E-state index contributed by atoms with van der Waals surface area (Å²) < 4.78 is 5.90. The molecule has 100 valence electrons. The first kappa shape index (κ1) is 12.9. The highest BCUT2D eigenvalue weighted by Gasteiger charge is 2.13. The fourth-order valence-electron chi connectivity index (χ4n) is 2.03. The van der Waals surface area contributed by atoms with E-state index >= 15 is 0 Å². The minimum Gasteiger partial charge on any atom is -0.361 e. The molecule has 5 heteroatoms. The number of halogens is 1. The maximum Gasteiger partial charge on any atom is 0.277 e. The molecule has 1 heterocycles. The number of carbonyl (C=O) groups excluding carboxylic acids is 1. The largest absolute Gasteiger partial charge is 0.361 e. The molecule has 4 nitrogen and oxygen atoms in total. The van der Waals surface area contributed by atoms with Gasteiger partial charge in [0.1, 0.15) is 5.76 Å². The normalized spacial score (nSPS) is 10.7. The first-order valence-corrected chi connectivity index (χ1v) is 6.86. The van der Waals surface area contributed by atoms with Crippen LogP contribution in [0, 0.1) is 6.92 Å². The number of hydrogen-bond donors (Lipinski definition) is 1.